The fourth-order valence-electron chi connectivity index (χ4n) is 11.2. The van der Waals surface area contributed by atoms with Crippen LogP contribution in [0.5, 0.6) is 0 Å². The smallest absolute Gasteiger partial charge is 0.407 e. The van der Waals surface area contributed by atoms with E-state index in [4.69, 9.17) is 56.8 Å². The Balaban J connectivity index is 0.000000307. The van der Waals surface area contributed by atoms with Crippen LogP contribution in [0.1, 0.15) is 121 Å². The number of ether oxygens (including phenoxy) is 12. The van der Waals surface area contributed by atoms with Crippen molar-refractivity contribution in [2.75, 3.05) is 27.4 Å². The van der Waals surface area contributed by atoms with Gasteiger partial charge in [-0.15, -0.1) is 0 Å². The van der Waals surface area contributed by atoms with E-state index in [1.54, 1.807) is 69.2 Å². The van der Waals surface area contributed by atoms with Gasteiger partial charge in [-0.05, 0) is 93.2 Å². The van der Waals surface area contributed by atoms with Gasteiger partial charge >= 0.3 is 36.1 Å². The first-order valence-electron chi connectivity index (χ1n) is 28.2. The van der Waals surface area contributed by atoms with Gasteiger partial charge in [0.2, 0.25) is 11.8 Å². The third-order valence-electron chi connectivity index (χ3n) is 14.2. The number of methoxy groups -OCH3 is 2. The van der Waals surface area contributed by atoms with Crippen molar-refractivity contribution in [2.45, 2.75) is 207 Å². The number of benzene rings is 2. The van der Waals surface area contributed by atoms with Crippen molar-refractivity contribution in [3.63, 3.8) is 0 Å². The Hall–Kier alpha value is -6.44. The molecule has 4 N–H and O–H groups in total. The molecule has 0 bridgehead atoms. The molecule has 4 fully saturated rings. The van der Waals surface area contributed by atoms with Crippen LogP contribution >= 0.6 is 0 Å². The minimum atomic E-state index is -1.08. The monoisotopic (exact) mass is 1180 g/mol. The molecule has 2 aromatic rings. The van der Waals surface area contributed by atoms with Crippen LogP contribution in [0.2, 0.25) is 0 Å². The topological polar surface area (TPSA) is 295 Å². The number of carbonyl (C=O) groups excluding carboxylic acids is 8. The molecule has 0 spiro atoms. The highest BCUT2D eigenvalue weighted by molar-refractivity contribution is 5.78. The predicted octanol–water partition coefficient (Wildman–Crippen LogP) is 5.72. The Kier molecular flexibility index (Phi) is 24.1. The van der Waals surface area contributed by atoms with E-state index in [-0.39, 0.29) is 39.3 Å². The molecule has 24 heteroatoms. The molecule has 0 unspecified atom stereocenters. The van der Waals surface area contributed by atoms with Gasteiger partial charge in [-0.3, -0.25) is 28.8 Å². The number of amides is 4. The van der Waals surface area contributed by atoms with Crippen molar-refractivity contribution >= 4 is 47.9 Å². The normalized spacial score (nSPS) is 26.5. The number of nitrogens with one attached hydrogen (secondary N) is 4. The molecule has 2 saturated heterocycles. The van der Waals surface area contributed by atoms with Crippen LogP contribution in [-0.2, 0) is 98.8 Å². The molecule has 0 radical (unpaired) electrons. The highest BCUT2D eigenvalue weighted by Gasteiger charge is 2.59. The molecule has 2 aliphatic carbocycles. The van der Waals surface area contributed by atoms with E-state index in [1.165, 1.54) is 41.9 Å². The Morgan fingerprint density at radius 2 is 0.881 bits per heavy atom. The average molecular weight is 1190 g/mol. The molecule has 84 heavy (non-hydrogen) atoms. The summed E-state index contributed by atoms with van der Waals surface area (Å²) in [5.74, 6) is -8.72. The SMILES string of the molecule is COC(=O)[C@H]1C[C@@H](NC(=O)OC(C)(C)C)[C@H]([C@@H](NC(C)=O)[C@H](OCc2ccccc2)[C@H]2COC(C)(C)O2)[C@@H]1OC(C)=O.COC(=O)[C@H]1C[C@@H](NC(=O)OC(C)(C)C)[C@H]([C@@H](NC(C)=O)[C@H](OCc2ccccc2)[C@H]2COC(C)(C)O2)[C@@H]1OC(C)=O. The van der Waals surface area contributed by atoms with Crippen LogP contribution in [0.4, 0.5) is 9.59 Å². The largest absolute Gasteiger partial charge is 0.469 e. The molecule has 14 atom stereocenters. The molecule has 468 valence electrons. The predicted molar refractivity (Wildman–Crippen MR) is 300 cm³/mol. The summed E-state index contributed by atoms with van der Waals surface area (Å²) in [5, 5.41) is 11.6. The molecular weight excluding hydrogens is 1100 g/mol. The molecule has 6 rings (SSSR count). The third kappa shape index (κ3) is 20.4. The molecule has 4 aliphatic rings. The summed E-state index contributed by atoms with van der Waals surface area (Å²) in [7, 11) is 2.47. The average Bonchev–Trinajstić information content (AvgIpc) is 1.86. The quantitative estimate of drug-likeness (QED) is 0.0910. The van der Waals surface area contributed by atoms with Crippen molar-refractivity contribution in [1.82, 2.24) is 21.3 Å². The Morgan fingerprint density at radius 3 is 1.14 bits per heavy atom. The number of alkyl carbamates (subject to hydrolysis) is 2. The molecule has 0 aromatic heterocycles. The van der Waals surface area contributed by atoms with Gasteiger partial charge in [-0.2, -0.15) is 0 Å². The number of hydrogen-bond acceptors (Lipinski definition) is 20. The highest BCUT2D eigenvalue weighted by Crippen LogP contribution is 2.43. The second-order valence-corrected chi connectivity index (χ2v) is 24.2. The van der Waals surface area contributed by atoms with Gasteiger partial charge in [0.1, 0.15) is 47.8 Å². The van der Waals surface area contributed by atoms with E-state index >= 15 is 0 Å². The highest BCUT2D eigenvalue weighted by atomic mass is 16.8. The number of hydrogen-bond donors (Lipinski definition) is 4. The molecule has 2 saturated carbocycles. The lowest BCUT2D eigenvalue weighted by molar-refractivity contribution is -0.172. The van der Waals surface area contributed by atoms with Crippen LogP contribution in [0.3, 0.4) is 0 Å². The van der Waals surface area contributed by atoms with Gasteiger partial charge < -0.3 is 78.1 Å². The Bertz CT molecular complexity index is 2380. The van der Waals surface area contributed by atoms with Crippen molar-refractivity contribution < 1.29 is 95.2 Å². The summed E-state index contributed by atoms with van der Waals surface area (Å²) in [4.78, 5) is 102. The summed E-state index contributed by atoms with van der Waals surface area (Å²) in [5.41, 5.74) is 0.157. The van der Waals surface area contributed by atoms with Crippen LogP contribution in [-0.4, -0.2) is 159 Å². The molecular formula is C60H88N4O20. The van der Waals surface area contributed by atoms with E-state index in [9.17, 15) is 38.4 Å². The number of carbonyl (C=O) groups is 8. The second kappa shape index (κ2) is 29.6. The van der Waals surface area contributed by atoms with Gasteiger partial charge in [0.25, 0.3) is 0 Å². The van der Waals surface area contributed by atoms with E-state index in [2.05, 4.69) is 21.3 Å². The maximum absolute atomic E-state index is 13.0. The van der Waals surface area contributed by atoms with E-state index < -0.39 is 155 Å². The summed E-state index contributed by atoms with van der Waals surface area (Å²) in [6, 6.07) is 15.5. The van der Waals surface area contributed by atoms with Gasteiger partial charge in [0, 0.05) is 51.6 Å². The van der Waals surface area contributed by atoms with Crippen molar-refractivity contribution in [3.05, 3.63) is 71.8 Å². The van der Waals surface area contributed by atoms with Crippen molar-refractivity contribution in [1.29, 1.82) is 0 Å². The zero-order valence-corrected chi connectivity index (χ0v) is 51.3. The maximum atomic E-state index is 13.0. The van der Waals surface area contributed by atoms with Crippen molar-refractivity contribution in [2.24, 2.45) is 23.7 Å². The first-order valence-corrected chi connectivity index (χ1v) is 28.2. The minimum Gasteiger partial charge on any atom is -0.469 e. The van der Waals surface area contributed by atoms with Crippen LogP contribution in [0, 0.1) is 23.7 Å². The number of esters is 4. The molecule has 4 amide bonds. The van der Waals surface area contributed by atoms with Crippen molar-refractivity contribution in [3.8, 4) is 0 Å². The van der Waals surface area contributed by atoms with E-state index in [1.807, 2.05) is 60.7 Å². The van der Waals surface area contributed by atoms with Crippen LogP contribution < -0.4 is 21.3 Å². The summed E-state index contributed by atoms with van der Waals surface area (Å²) in [6.45, 7) is 23.2. The van der Waals surface area contributed by atoms with Gasteiger partial charge in [0.15, 0.2) is 11.6 Å². The standard InChI is InChI=1S/2C30H44N2O10/c2*1-17(33)31-24(26(22-16-39-30(6,7)41-22)38-15-19-12-10-9-11-13-19)23-21(32-28(36)42-29(3,4)5)14-20(27(35)37-8)25(23)40-18(2)34/h2*9-13,20-26H,14-16H2,1-8H3,(H,31,33)(H,32,36)/t2*20-,21+,22+,23+,24+,25+,26+/m00/s1. The second-order valence-electron chi connectivity index (χ2n) is 24.2. The summed E-state index contributed by atoms with van der Waals surface area (Å²) >= 11 is 0. The molecule has 2 aliphatic heterocycles. The Morgan fingerprint density at radius 1 is 0.548 bits per heavy atom. The molecule has 24 nitrogen and oxygen atoms in total. The fourth-order valence-corrected chi connectivity index (χ4v) is 11.2. The maximum Gasteiger partial charge on any atom is 0.407 e. The summed E-state index contributed by atoms with van der Waals surface area (Å²) < 4.78 is 69.6. The van der Waals surface area contributed by atoms with Gasteiger partial charge in [0.05, 0.1) is 64.6 Å². The van der Waals surface area contributed by atoms with Crippen LogP contribution in [0.15, 0.2) is 60.7 Å². The first-order chi connectivity index (χ1) is 39.2. The van der Waals surface area contributed by atoms with E-state index in [0.29, 0.717) is 0 Å². The molecule has 2 aromatic carbocycles. The zero-order chi connectivity index (χ0) is 62.5. The van der Waals surface area contributed by atoms with Gasteiger partial charge in [-0.1, -0.05) is 60.7 Å². The minimum absolute atomic E-state index is 0.0591. The lowest BCUT2D eigenvalue weighted by Gasteiger charge is -2.39. The number of rotatable bonds is 20. The molecule has 2 heterocycles. The lowest BCUT2D eigenvalue weighted by atomic mass is 9.85. The zero-order valence-electron chi connectivity index (χ0n) is 51.3. The summed E-state index contributed by atoms with van der Waals surface area (Å²) in [6.07, 6.45) is -6.50. The fraction of sp³-hybridized carbons (Fsp3) is 0.667. The first kappa shape index (κ1) is 68.3. The lowest BCUT2D eigenvalue weighted by Crippen LogP contribution is -2.60. The third-order valence-corrected chi connectivity index (χ3v) is 14.2. The van der Waals surface area contributed by atoms with Crippen LogP contribution in [0.25, 0.3) is 0 Å². The van der Waals surface area contributed by atoms with E-state index in [0.717, 1.165) is 11.1 Å². The van der Waals surface area contributed by atoms with Gasteiger partial charge in [-0.25, -0.2) is 9.59 Å². The Labute approximate surface area is 492 Å².